The fourth-order valence-electron chi connectivity index (χ4n) is 2.88. The fourth-order valence-corrected chi connectivity index (χ4v) is 3.62. The first-order valence-electron chi connectivity index (χ1n) is 8.00. The van der Waals surface area contributed by atoms with Crippen LogP contribution in [0, 0.1) is 0 Å². The summed E-state index contributed by atoms with van der Waals surface area (Å²) in [6, 6.07) is 13.1. The van der Waals surface area contributed by atoms with Crippen molar-refractivity contribution in [2.75, 3.05) is 0 Å². The Balaban J connectivity index is 1.65. The van der Waals surface area contributed by atoms with Crippen molar-refractivity contribution in [2.24, 2.45) is 0 Å². The Morgan fingerprint density at radius 1 is 1.11 bits per heavy atom. The monoisotopic (exact) mass is 387 g/mol. The lowest BCUT2D eigenvalue weighted by molar-refractivity contribution is -0.140. The highest BCUT2D eigenvalue weighted by atomic mass is 32.1. The van der Waals surface area contributed by atoms with E-state index in [4.69, 9.17) is 0 Å². The van der Waals surface area contributed by atoms with Crippen LogP contribution in [0.2, 0.25) is 0 Å². The molecule has 4 rings (SSSR count). The molecule has 0 spiro atoms. The minimum absolute atomic E-state index is 0.0826. The Kier molecular flexibility index (Phi) is 4.27. The zero-order valence-corrected chi connectivity index (χ0v) is 14.6. The number of nitrogens with zero attached hydrogens (tertiary/aromatic N) is 2. The summed E-state index contributed by atoms with van der Waals surface area (Å²) in [6.07, 6.45) is -2.89. The zero-order valence-electron chi connectivity index (χ0n) is 13.7. The number of rotatable bonds is 3. The number of amides is 1. The molecular weight excluding hydrogens is 375 g/mol. The molecule has 0 saturated heterocycles. The molecule has 8 heteroatoms. The van der Waals surface area contributed by atoms with E-state index in [0.29, 0.717) is 11.1 Å². The van der Waals surface area contributed by atoms with Crippen molar-refractivity contribution >= 4 is 38.9 Å². The van der Waals surface area contributed by atoms with Gasteiger partial charge in [0.15, 0.2) is 5.69 Å². The van der Waals surface area contributed by atoms with E-state index >= 15 is 0 Å². The minimum atomic E-state index is -4.49. The van der Waals surface area contributed by atoms with Crippen LogP contribution in [0.5, 0.6) is 0 Å². The van der Waals surface area contributed by atoms with Gasteiger partial charge in [-0.2, -0.15) is 13.2 Å². The minimum Gasteiger partial charge on any atom is -0.345 e. The summed E-state index contributed by atoms with van der Waals surface area (Å²) in [4.78, 5) is 20.5. The first-order chi connectivity index (χ1) is 12.9. The van der Waals surface area contributed by atoms with E-state index in [9.17, 15) is 18.0 Å². The molecule has 0 fully saturated rings. The van der Waals surface area contributed by atoms with Crippen LogP contribution in [-0.2, 0) is 12.7 Å². The van der Waals surface area contributed by atoms with Crippen molar-refractivity contribution in [1.29, 1.82) is 0 Å². The number of halogens is 3. The van der Waals surface area contributed by atoms with Gasteiger partial charge in [0.25, 0.3) is 5.91 Å². The molecule has 4 aromatic rings. The second-order valence-electron chi connectivity index (χ2n) is 5.85. The smallest absolute Gasteiger partial charge is 0.345 e. The van der Waals surface area contributed by atoms with Crippen molar-refractivity contribution in [3.63, 3.8) is 0 Å². The number of nitrogens with one attached hydrogen (secondary N) is 1. The lowest BCUT2D eigenvalue weighted by Crippen LogP contribution is -2.23. The molecular formula is C19H12F3N3OS. The fraction of sp³-hybridized carbons (Fsp3) is 0.105. The van der Waals surface area contributed by atoms with E-state index in [1.165, 1.54) is 0 Å². The first kappa shape index (κ1) is 17.4. The molecule has 0 radical (unpaired) electrons. The largest absolute Gasteiger partial charge is 0.434 e. The normalized spacial score (nSPS) is 11.8. The maximum atomic E-state index is 12.7. The van der Waals surface area contributed by atoms with Gasteiger partial charge in [-0.25, -0.2) is 4.98 Å². The van der Waals surface area contributed by atoms with Crippen molar-refractivity contribution in [3.8, 4) is 0 Å². The van der Waals surface area contributed by atoms with Gasteiger partial charge in [-0.1, -0.05) is 30.3 Å². The maximum absolute atomic E-state index is 12.7. The third-order valence-corrected chi connectivity index (χ3v) is 4.95. The molecule has 2 aromatic heterocycles. The predicted molar refractivity (Wildman–Crippen MR) is 97.5 cm³/mol. The molecule has 0 unspecified atom stereocenters. The van der Waals surface area contributed by atoms with E-state index in [0.717, 1.165) is 32.9 Å². The quantitative estimate of drug-likeness (QED) is 0.514. The van der Waals surface area contributed by atoms with E-state index in [1.807, 2.05) is 30.3 Å². The van der Waals surface area contributed by atoms with Crippen molar-refractivity contribution in [1.82, 2.24) is 15.3 Å². The number of alkyl halides is 3. The molecule has 0 atom stereocenters. The van der Waals surface area contributed by atoms with Gasteiger partial charge < -0.3 is 5.32 Å². The number of benzene rings is 2. The molecule has 136 valence electrons. The second-order valence-corrected chi connectivity index (χ2v) is 6.79. The maximum Gasteiger partial charge on any atom is 0.434 e. The number of hydrogen-bond acceptors (Lipinski definition) is 4. The molecule has 1 amide bonds. The number of aromatic nitrogens is 2. The van der Waals surface area contributed by atoms with Crippen LogP contribution in [0.15, 0.2) is 54.0 Å². The van der Waals surface area contributed by atoms with Gasteiger partial charge in [-0.15, -0.1) is 11.3 Å². The number of thiazole rings is 1. The molecule has 1 N–H and O–H groups in total. The standard InChI is InChI=1S/C19H12F3N3OS/c20-19(21,22)15-10-27-16(25-15)9-24-18(26)14-8-11-4-1-2-5-12(11)13-6-3-7-23-17(13)14/h1-8,10H,9H2,(H,24,26). The van der Waals surface area contributed by atoms with Crippen LogP contribution in [0.3, 0.4) is 0 Å². The van der Waals surface area contributed by atoms with Gasteiger partial charge in [-0.05, 0) is 22.9 Å². The Bertz CT molecular complexity index is 1150. The summed E-state index contributed by atoms with van der Waals surface area (Å²) in [7, 11) is 0. The lowest BCUT2D eigenvalue weighted by atomic mass is 10.0. The van der Waals surface area contributed by atoms with E-state index in [1.54, 1.807) is 18.3 Å². The van der Waals surface area contributed by atoms with Gasteiger partial charge in [0.1, 0.15) is 5.01 Å². The average molecular weight is 387 g/mol. The van der Waals surface area contributed by atoms with Crippen LogP contribution < -0.4 is 5.32 Å². The van der Waals surface area contributed by atoms with E-state index in [-0.39, 0.29) is 11.6 Å². The summed E-state index contributed by atoms with van der Waals surface area (Å²) in [6.45, 7) is -0.0826. The Labute approximate surface area is 155 Å². The summed E-state index contributed by atoms with van der Waals surface area (Å²) < 4.78 is 37.9. The Hall–Kier alpha value is -3.00. The Morgan fingerprint density at radius 3 is 2.67 bits per heavy atom. The van der Waals surface area contributed by atoms with E-state index in [2.05, 4.69) is 15.3 Å². The third-order valence-electron chi connectivity index (χ3n) is 4.10. The van der Waals surface area contributed by atoms with Crippen molar-refractivity contribution in [2.45, 2.75) is 12.7 Å². The van der Waals surface area contributed by atoms with Gasteiger partial charge >= 0.3 is 6.18 Å². The van der Waals surface area contributed by atoms with Crippen LogP contribution in [0.1, 0.15) is 21.1 Å². The molecule has 0 aliphatic heterocycles. The molecule has 2 heterocycles. The van der Waals surface area contributed by atoms with Gasteiger partial charge in [0.2, 0.25) is 0 Å². The van der Waals surface area contributed by atoms with Crippen LogP contribution in [0.4, 0.5) is 13.2 Å². The molecule has 2 aromatic carbocycles. The highest BCUT2D eigenvalue weighted by Crippen LogP contribution is 2.30. The zero-order chi connectivity index (χ0) is 19.0. The summed E-state index contributed by atoms with van der Waals surface area (Å²) in [5.74, 6) is -0.409. The number of hydrogen-bond donors (Lipinski definition) is 1. The van der Waals surface area contributed by atoms with Crippen LogP contribution in [0.25, 0.3) is 21.7 Å². The SMILES string of the molecule is O=C(NCc1nc(C(F)(F)F)cs1)c1cc2ccccc2c2cccnc12. The summed E-state index contributed by atoms with van der Waals surface area (Å²) in [5.41, 5.74) is -0.0321. The first-order valence-corrected chi connectivity index (χ1v) is 8.88. The van der Waals surface area contributed by atoms with Gasteiger partial charge in [0.05, 0.1) is 17.6 Å². The molecule has 0 aliphatic rings. The highest BCUT2D eigenvalue weighted by molar-refractivity contribution is 7.09. The number of carbonyl (C=O) groups is 1. The molecule has 27 heavy (non-hydrogen) atoms. The molecule has 0 bridgehead atoms. The number of fused-ring (bicyclic) bond motifs is 3. The van der Waals surface area contributed by atoms with Crippen LogP contribution >= 0.6 is 11.3 Å². The van der Waals surface area contributed by atoms with Crippen molar-refractivity contribution in [3.05, 3.63) is 70.3 Å². The summed E-state index contributed by atoms with van der Waals surface area (Å²) in [5, 5.41) is 6.47. The Morgan fingerprint density at radius 2 is 1.89 bits per heavy atom. The molecule has 0 aliphatic carbocycles. The van der Waals surface area contributed by atoms with E-state index < -0.39 is 17.8 Å². The van der Waals surface area contributed by atoms with Crippen LogP contribution in [-0.4, -0.2) is 15.9 Å². The second kappa shape index (κ2) is 6.62. The molecule has 0 saturated carbocycles. The highest BCUT2D eigenvalue weighted by Gasteiger charge is 2.33. The van der Waals surface area contributed by atoms with Crippen molar-refractivity contribution < 1.29 is 18.0 Å². The predicted octanol–water partition coefficient (Wildman–Crippen LogP) is 4.79. The topological polar surface area (TPSA) is 54.9 Å². The average Bonchev–Trinajstić information content (AvgIpc) is 3.15. The molecule has 4 nitrogen and oxygen atoms in total. The lowest BCUT2D eigenvalue weighted by Gasteiger charge is -2.09. The van der Waals surface area contributed by atoms with Gasteiger partial charge in [-0.3, -0.25) is 9.78 Å². The number of pyridine rings is 1. The third kappa shape index (κ3) is 3.35. The van der Waals surface area contributed by atoms with Gasteiger partial charge in [0, 0.05) is 17.0 Å². The number of carbonyl (C=O) groups excluding carboxylic acids is 1. The summed E-state index contributed by atoms with van der Waals surface area (Å²) >= 11 is 0.858.